The Labute approximate surface area is 98.3 Å². The van der Waals surface area contributed by atoms with E-state index in [4.69, 9.17) is 4.74 Å². The van der Waals surface area contributed by atoms with Crippen LogP contribution < -0.4 is 5.32 Å². The first-order valence-corrected chi connectivity index (χ1v) is 5.99. The summed E-state index contributed by atoms with van der Waals surface area (Å²) in [5.41, 5.74) is -0.949. The highest BCUT2D eigenvalue weighted by atomic mass is 19.4. The van der Waals surface area contributed by atoms with Gasteiger partial charge in [-0.15, -0.1) is 0 Å². The minimum Gasteiger partial charge on any atom is -0.390 e. The third-order valence-corrected chi connectivity index (χ3v) is 3.46. The third kappa shape index (κ3) is 3.82. The number of morpholine rings is 1. The Morgan fingerprint density at radius 3 is 2.35 bits per heavy atom. The molecule has 0 radical (unpaired) electrons. The maximum Gasteiger partial charge on any atom is 0.389 e. The summed E-state index contributed by atoms with van der Waals surface area (Å²) in [6.07, 6.45) is -3.74. The minimum absolute atomic E-state index is 0.000295. The molecule has 0 aliphatic carbocycles. The van der Waals surface area contributed by atoms with Crippen molar-refractivity contribution in [2.24, 2.45) is 0 Å². The Balaban J connectivity index is 1.82. The summed E-state index contributed by atoms with van der Waals surface area (Å²) in [6.45, 7) is 1.08. The third-order valence-electron chi connectivity index (χ3n) is 3.46. The number of nitrogens with one attached hydrogen (secondary N) is 1. The van der Waals surface area contributed by atoms with Crippen LogP contribution >= 0.6 is 0 Å². The molecule has 0 aromatic rings. The summed E-state index contributed by atoms with van der Waals surface area (Å²) in [4.78, 5) is 0. The lowest BCUT2D eigenvalue weighted by Crippen LogP contribution is -2.59. The second-order valence-corrected chi connectivity index (χ2v) is 5.20. The topological polar surface area (TPSA) is 41.5 Å². The van der Waals surface area contributed by atoms with E-state index in [1.54, 1.807) is 0 Å². The number of rotatable bonds is 3. The largest absolute Gasteiger partial charge is 0.390 e. The number of ether oxygens (including phenoxy) is 1. The van der Waals surface area contributed by atoms with Gasteiger partial charge in [-0.1, -0.05) is 0 Å². The van der Waals surface area contributed by atoms with Crippen molar-refractivity contribution in [3.63, 3.8) is 0 Å². The molecular weight excluding hydrogens is 235 g/mol. The summed E-state index contributed by atoms with van der Waals surface area (Å²) >= 11 is 0. The second kappa shape index (κ2) is 4.74. The fraction of sp³-hybridized carbons (Fsp3) is 1.00. The van der Waals surface area contributed by atoms with Crippen LogP contribution in [0.25, 0.3) is 0 Å². The van der Waals surface area contributed by atoms with Gasteiger partial charge >= 0.3 is 6.18 Å². The van der Waals surface area contributed by atoms with Gasteiger partial charge in [0.1, 0.15) is 0 Å². The molecule has 0 aromatic heterocycles. The molecule has 2 N–H and O–H groups in total. The number of piperidine rings is 1. The smallest absolute Gasteiger partial charge is 0.389 e. The van der Waals surface area contributed by atoms with E-state index in [-0.39, 0.29) is 24.9 Å². The SMILES string of the molecule is OC1(CCCC(F)(F)F)CC2COCC(C1)N2. The standard InChI is InChI=1S/C11H18F3NO2/c12-11(13,14)3-1-2-10(16)4-8-6-17-7-9(5-10)15-8/h8-9,15-16H,1-7H2. The van der Waals surface area contributed by atoms with Crippen LogP contribution in [-0.4, -0.2) is 42.2 Å². The van der Waals surface area contributed by atoms with Crippen LogP contribution in [0.15, 0.2) is 0 Å². The molecule has 0 saturated carbocycles. The summed E-state index contributed by atoms with van der Waals surface area (Å²) in [5.74, 6) is 0. The van der Waals surface area contributed by atoms with Gasteiger partial charge in [-0.05, 0) is 25.7 Å². The van der Waals surface area contributed by atoms with E-state index in [0.29, 0.717) is 26.1 Å². The van der Waals surface area contributed by atoms with Crippen molar-refractivity contribution in [3.05, 3.63) is 0 Å². The van der Waals surface area contributed by atoms with E-state index in [0.717, 1.165) is 0 Å². The Morgan fingerprint density at radius 2 is 1.82 bits per heavy atom. The average molecular weight is 253 g/mol. The first-order valence-electron chi connectivity index (χ1n) is 5.99. The normalized spacial score (nSPS) is 38.1. The van der Waals surface area contributed by atoms with Gasteiger partial charge in [0.15, 0.2) is 0 Å². The fourth-order valence-electron chi connectivity index (χ4n) is 2.84. The summed E-state index contributed by atoms with van der Waals surface area (Å²) in [6, 6.07) is 0.164. The van der Waals surface area contributed by atoms with Crippen molar-refractivity contribution in [1.29, 1.82) is 0 Å². The van der Waals surface area contributed by atoms with Crippen LogP contribution in [0.2, 0.25) is 0 Å². The highest BCUT2D eigenvalue weighted by molar-refractivity contribution is 4.97. The van der Waals surface area contributed by atoms with Gasteiger partial charge in [-0.2, -0.15) is 13.2 Å². The van der Waals surface area contributed by atoms with Crippen molar-refractivity contribution in [2.45, 2.75) is 56.0 Å². The molecule has 3 nitrogen and oxygen atoms in total. The molecule has 2 aliphatic heterocycles. The highest BCUT2D eigenvalue weighted by Gasteiger charge is 2.41. The van der Waals surface area contributed by atoms with Gasteiger partial charge in [0, 0.05) is 18.5 Å². The maximum absolute atomic E-state index is 12.1. The zero-order valence-corrected chi connectivity index (χ0v) is 9.59. The van der Waals surface area contributed by atoms with Crippen molar-refractivity contribution < 1.29 is 23.0 Å². The Bertz CT molecular complexity index is 258. The van der Waals surface area contributed by atoms with Gasteiger partial charge in [0.25, 0.3) is 0 Å². The molecule has 2 heterocycles. The first-order chi connectivity index (χ1) is 7.86. The number of aliphatic hydroxyl groups is 1. The predicted molar refractivity (Wildman–Crippen MR) is 55.6 cm³/mol. The molecule has 0 spiro atoms. The number of hydrogen-bond acceptors (Lipinski definition) is 3. The molecule has 2 rings (SSSR count). The van der Waals surface area contributed by atoms with Crippen molar-refractivity contribution in [1.82, 2.24) is 5.32 Å². The number of halogens is 3. The Hall–Kier alpha value is -0.330. The van der Waals surface area contributed by atoms with E-state index in [9.17, 15) is 18.3 Å². The quantitative estimate of drug-likeness (QED) is 0.802. The lowest BCUT2D eigenvalue weighted by atomic mass is 9.79. The highest BCUT2D eigenvalue weighted by Crippen LogP contribution is 2.33. The molecule has 2 saturated heterocycles. The van der Waals surface area contributed by atoms with Gasteiger partial charge < -0.3 is 15.2 Å². The second-order valence-electron chi connectivity index (χ2n) is 5.20. The van der Waals surface area contributed by atoms with Gasteiger partial charge in [-0.3, -0.25) is 0 Å². The molecule has 0 amide bonds. The molecule has 6 heteroatoms. The lowest BCUT2D eigenvalue weighted by molar-refractivity contribution is -0.140. The minimum atomic E-state index is -4.12. The summed E-state index contributed by atoms with van der Waals surface area (Å²) < 4.78 is 41.5. The molecule has 2 fully saturated rings. The molecular formula is C11H18F3NO2. The number of fused-ring (bicyclic) bond motifs is 2. The van der Waals surface area contributed by atoms with Gasteiger partial charge in [-0.25, -0.2) is 0 Å². The molecule has 2 unspecified atom stereocenters. The molecule has 2 aliphatic rings. The van der Waals surface area contributed by atoms with Gasteiger partial charge in [0.05, 0.1) is 18.8 Å². The van der Waals surface area contributed by atoms with Crippen LogP contribution in [-0.2, 0) is 4.74 Å². The molecule has 2 atom stereocenters. The van der Waals surface area contributed by atoms with Crippen molar-refractivity contribution in [3.8, 4) is 0 Å². The summed E-state index contributed by atoms with van der Waals surface area (Å²) in [5, 5.41) is 13.6. The Kier molecular flexibility index (Phi) is 3.66. The van der Waals surface area contributed by atoms with E-state index < -0.39 is 18.2 Å². The number of alkyl halides is 3. The van der Waals surface area contributed by atoms with Crippen LogP contribution in [0, 0.1) is 0 Å². The predicted octanol–water partition coefficient (Wildman–Crippen LogP) is 1.60. The molecule has 17 heavy (non-hydrogen) atoms. The van der Waals surface area contributed by atoms with E-state index in [1.165, 1.54) is 0 Å². The Morgan fingerprint density at radius 1 is 1.24 bits per heavy atom. The van der Waals surface area contributed by atoms with E-state index in [1.807, 2.05) is 0 Å². The van der Waals surface area contributed by atoms with Crippen LogP contribution in [0.3, 0.4) is 0 Å². The van der Waals surface area contributed by atoms with Crippen molar-refractivity contribution >= 4 is 0 Å². The zero-order valence-electron chi connectivity index (χ0n) is 9.59. The van der Waals surface area contributed by atoms with E-state index in [2.05, 4.69) is 5.32 Å². The van der Waals surface area contributed by atoms with Crippen LogP contribution in [0.5, 0.6) is 0 Å². The number of hydrogen-bond donors (Lipinski definition) is 2. The molecule has 0 aromatic carbocycles. The van der Waals surface area contributed by atoms with Crippen molar-refractivity contribution in [2.75, 3.05) is 13.2 Å². The average Bonchev–Trinajstić information content (AvgIpc) is 2.13. The molecule has 100 valence electrons. The fourth-order valence-corrected chi connectivity index (χ4v) is 2.84. The maximum atomic E-state index is 12.1. The molecule has 2 bridgehead atoms. The summed E-state index contributed by atoms with van der Waals surface area (Å²) in [7, 11) is 0. The van der Waals surface area contributed by atoms with Crippen LogP contribution in [0.1, 0.15) is 32.1 Å². The monoisotopic (exact) mass is 253 g/mol. The first kappa shape index (κ1) is 13.1. The van der Waals surface area contributed by atoms with Crippen LogP contribution in [0.4, 0.5) is 13.2 Å². The zero-order chi connectivity index (χ0) is 12.5. The van der Waals surface area contributed by atoms with Gasteiger partial charge in [0.2, 0.25) is 0 Å². The lowest BCUT2D eigenvalue weighted by Gasteiger charge is -2.45. The van der Waals surface area contributed by atoms with E-state index >= 15 is 0 Å².